The molecule has 0 unspecified atom stereocenters. The molecular weight excluding hydrogens is 508 g/mol. The summed E-state index contributed by atoms with van der Waals surface area (Å²) in [5.41, 5.74) is 5.24. The normalized spacial score (nSPS) is 14.4. The van der Waals surface area contributed by atoms with E-state index in [1.807, 2.05) is 24.3 Å². The van der Waals surface area contributed by atoms with Gasteiger partial charge >= 0.3 is 0 Å². The lowest BCUT2D eigenvalue weighted by atomic mass is 10.0. The summed E-state index contributed by atoms with van der Waals surface area (Å²) in [6.45, 7) is -0.574. The lowest BCUT2D eigenvalue weighted by molar-refractivity contribution is -0.118. The number of fused-ring (bicyclic) bond motifs is 1. The Morgan fingerprint density at radius 2 is 1.97 bits per heavy atom. The quantitative estimate of drug-likeness (QED) is 0.307. The molecule has 2 aromatic carbocycles. The molecule has 5 aromatic rings. The Morgan fingerprint density at radius 3 is 2.74 bits per heavy atom. The van der Waals surface area contributed by atoms with Crippen LogP contribution in [0.15, 0.2) is 71.9 Å². The molecule has 1 aliphatic heterocycles. The maximum Gasteiger partial charge on any atom is 0.252 e. The maximum atomic E-state index is 13.4. The van der Waals surface area contributed by atoms with E-state index < -0.39 is 12.5 Å². The lowest BCUT2D eigenvalue weighted by Gasteiger charge is -2.15. The van der Waals surface area contributed by atoms with Gasteiger partial charge in [0.2, 0.25) is 5.91 Å². The number of aromatic amines is 1. The SMILES string of the molecule is O=C(CO)Nc1ccc(-c2cnc([C@@H]3CCc4cc(-c5cc(Cl)ccc5-n5cnnn5)cc(=O)n43)[nH]2)cc1. The molecular formula is C26H21ClN8O3. The highest BCUT2D eigenvalue weighted by Crippen LogP contribution is 2.34. The Bertz CT molecular complexity index is 1690. The van der Waals surface area contributed by atoms with Gasteiger partial charge in [0.1, 0.15) is 18.8 Å². The van der Waals surface area contributed by atoms with Gasteiger partial charge in [-0.2, -0.15) is 4.68 Å². The van der Waals surface area contributed by atoms with Gasteiger partial charge in [-0.15, -0.1) is 5.10 Å². The first kappa shape index (κ1) is 23.8. The van der Waals surface area contributed by atoms with Crippen LogP contribution in [0.2, 0.25) is 5.02 Å². The van der Waals surface area contributed by atoms with Crippen LogP contribution in [0.25, 0.3) is 28.1 Å². The summed E-state index contributed by atoms with van der Waals surface area (Å²) >= 11 is 6.29. The molecule has 1 atom stereocenters. The van der Waals surface area contributed by atoms with Crippen molar-refractivity contribution < 1.29 is 9.90 Å². The van der Waals surface area contributed by atoms with Crippen molar-refractivity contribution in [2.24, 2.45) is 0 Å². The van der Waals surface area contributed by atoms with Crippen molar-refractivity contribution in [2.45, 2.75) is 18.9 Å². The van der Waals surface area contributed by atoms with Crippen molar-refractivity contribution in [2.75, 3.05) is 11.9 Å². The number of anilines is 1. The summed E-state index contributed by atoms with van der Waals surface area (Å²) < 4.78 is 3.32. The first-order valence-electron chi connectivity index (χ1n) is 11.8. The zero-order chi connectivity index (χ0) is 26.2. The number of aliphatic hydroxyl groups excluding tert-OH is 1. The topological polar surface area (TPSA) is 144 Å². The van der Waals surface area contributed by atoms with Crippen LogP contribution < -0.4 is 10.9 Å². The molecule has 0 radical (unpaired) electrons. The second-order valence-corrected chi connectivity index (χ2v) is 9.32. The van der Waals surface area contributed by atoms with Crippen LogP contribution in [-0.2, 0) is 11.2 Å². The molecule has 190 valence electrons. The van der Waals surface area contributed by atoms with Crippen LogP contribution in [0.5, 0.6) is 0 Å². The van der Waals surface area contributed by atoms with Crippen molar-refractivity contribution in [1.29, 1.82) is 0 Å². The second-order valence-electron chi connectivity index (χ2n) is 8.88. The predicted molar refractivity (Wildman–Crippen MR) is 140 cm³/mol. The Morgan fingerprint density at radius 1 is 1.13 bits per heavy atom. The van der Waals surface area contributed by atoms with Crippen molar-refractivity contribution in [1.82, 2.24) is 34.7 Å². The standard InChI is InChI=1S/C26H21ClN8O3/c27-17-3-7-22(34-14-29-32-33-34)20(11-17)16-9-19-6-8-23(35(19)25(38)10-16)26-28-12-21(31-26)15-1-4-18(5-2-15)30-24(37)13-36/h1-5,7,9-12,14,23,36H,6,8,13H2,(H,28,31)(H,30,37)/t23-/m0/s1. The molecule has 0 fully saturated rings. The highest BCUT2D eigenvalue weighted by molar-refractivity contribution is 6.31. The predicted octanol–water partition coefficient (Wildman–Crippen LogP) is 3.00. The lowest BCUT2D eigenvalue weighted by Crippen LogP contribution is -2.23. The van der Waals surface area contributed by atoms with Gasteiger partial charge in [-0.1, -0.05) is 23.7 Å². The van der Waals surface area contributed by atoms with Gasteiger partial charge in [-0.3, -0.25) is 9.59 Å². The number of pyridine rings is 1. The fourth-order valence-electron chi connectivity index (χ4n) is 4.81. The number of aromatic nitrogens is 7. The molecule has 0 bridgehead atoms. The van der Waals surface area contributed by atoms with E-state index in [2.05, 4.69) is 30.8 Å². The number of hydrogen-bond acceptors (Lipinski definition) is 7. The number of imidazole rings is 1. The fraction of sp³-hybridized carbons (Fsp3) is 0.154. The monoisotopic (exact) mass is 528 g/mol. The second kappa shape index (κ2) is 9.69. The summed E-state index contributed by atoms with van der Waals surface area (Å²) in [6, 6.07) is 16.0. The first-order valence-corrected chi connectivity index (χ1v) is 12.2. The molecule has 0 aliphatic carbocycles. The summed E-state index contributed by atoms with van der Waals surface area (Å²) in [7, 11) is 0. The van der Waals surface area contributed by atoms with Crippen LogP contribution in [0.4, 0.5) is 5.69 Å². The van der Waals surface area contributed by atoms with E-state index >= 15 is 0 Å². The number of aryl methyl sites for hydroxylation is 1. The first-order chi connectivity index (χ1) is 18.5. The number of H-pyrrole nitrogens is 1. The third-order valence-electron chi connectivity index (χ3n) is 6.53. The van der Waals surface area contributed by atoms with Gasteiger partial charge in [0, 0.05) is 28.0 Å². The minimum absolute atomic E-state index is 0.135. The number of nitrogens with zero attached hydrogens (tertiary/aromatic N) is 6. The van der Waals surface area contributed by atoms with Gasteiger partial charge in [0.15, 0.2) is 0 Å². The molecule has 0 saturated carbocycles. The van der Waals surface area contributed by atoms with E-state index in [4.69, 9.17) is 16.7 Å². The van der Waals surface area contributed by atoms with Gasteiger partial charge < -0.3 is 20.0 Å². The number of rotatable bonds is 6. The Hall–Kier alpha value is -4.61. The minimum Gasteiger partial charge on any atom is -0.387 e. The summed E-state index contributed by atoms with van der Waals surface area (Å²) in [5, 5.41) is 23.5. The van der Waals surface area contributed by atoms with Gasteiger partial charge in [0.25, 0.3) is 5.56 Å². The summed E-state index contributed by atoms with van der Waals surface area (Å²) in [5.74, 6) is 0.223. The highest BCUT2D eigenvalue weighted by atomic mass is 35.5. The number of tetrazole rings is 1. The number of benzene rings is 2. The number of carbonyl (C=O) groups is 1. The number of hydrogen-bond donors (Lipinski definition) is 3. The highest BCUT2D eigenvalue weighted by Gasteiger charge is 2.28. The van der Waals surface area contributed by atoms with E-state index in [-0.39, 0.29) is 11.6 Å². The van der Waals surface area contributed by atoms with Gasteiger partial charge in [-0.25, -0.2) is 4.98 Å². The molecule has 6 rings (SSSR count). The zero-order valence-electron chi connectivity index (χ0n) is 19.9. The Kier molecular flexibility index (Phi) is 6.06. The number of halogens is 1. The molecule has 3 N–H and O–H groups in total. The third-order valence-corrected chi connectivity index (χ3v) is 6.77. The van der Waals surface area contributed by atoms with Crippen molar-refractivity contribution >= 4 is 23.2 Å². The van der Waals surface area contributed by atoms with Crippen molar-refractivity contribution in [3.63, 3.8) is 0 Å². The molecule has 12 heteroatoms. The molecule has 1 aliphatic rings. The Labute approximate surface area is 220 Å². The van der Waals surface area contributed by atoms with Crippen LogP contribution in [0.1, 0.15) is 24.0 Å². The minimum atomic E-state index is -0.574. The van der Waals surface area contributed by atoms with E-state index in [1.54, 1.807) is 41.1 Å². The zero-order valence-corrected chi connectivity index (χ0v) is 20.6. The number of nitrogens with one attached hydrogen (secondary N) is 2. The van der Waals surface area contributed by atoms with Crippen molar-refractivity contribution in [3.8, 4) is 28.1 Å². The maximum absolute atomic E-state index is 13.4. The molecule has 38 heavy (non-hydrogen) atoms. The average molecular weight is 529 g/mol. The van der Waals surface area contributed by atoms with Crippen molar-refractivity contribution in [3.05, 3.63) is 94.0 Å². The fourth-order valence-corrected chi connectivity index (χ4v) is 4.98. The molecule has 0 saturated heterocycles. The number of amides is 1. The molecule has 1 amide bonds. The average Bonchev–Trinajstić information content (AvgIpc) is 3.70. The molecule has 4 heterocycles. The van der Waals surface area contributed by atoms with E-state index in [0.717, 1.165) is 40.2 Å². The van der Waals surface area contributed by atoms with Gasteiger partial charge in [-0.05, 0) is 70.8 Å². The van der Waals surface area contributed by atoms with Crippen LogP contribution >= 0.6 is 11.6 Å². The van der Waals surface area contributed by atoms with Crippen LogP contribution in [0.3, 0.4) is 0 Å². The smallest absolute Gasteiger partial charge is 0.252 e. The molecule has 11 nitrogen and oxygen atoms in total. The van der Waals surface area contributed by atoms with Crippen LogP contribution in [-0.4, -0.2) is 52.4 Å². The van der Waals surface area contributed by atoms with E-state index in [1.165, 1.54) is 11.0 Å². The molecule has 3 aromatic heterocycles. The molecule has 0 spiro atoms. The Balaban J connectivity index is 1.30. The van der Waals surface area contributed by atoms with E-state index in [0.29, 0.717) is 23.0 Å². The summed E-state index contributed by atoms with van der Waals surface area (Å²) in [4.78, 5) is 32.7. The largest absolute Gasteiger partial charge is 0.387 e. The third kappa shape index (κ3) is 4.38. The number of aliphatic hydroxyl groups is 1. The van der Waals surface area contributed by atoms with E-state index in [9.17, 15) is 9.59 Å². The van der Waals surface area contributed by atoms with Crippen LogP contribution in [0, 0.1) is 0 Å². The summed E-state index contributed by atoms with van der Waals surface area (Å²) in [6.07, 6.45) is 4.67. The van der Waals surface area contributed by atoms with Gasteiger partial charge in [0.05, 0.1) is 23.6 Å². The number of carbonyl (C=O) groups excluding carboxylic acids is 1.